The van der Waals surface area contributed by atoms with Crippen molar-refractivity contribution in [3.8, 4) is 5.75 Å². The van der Waals surface area contributed by atoms with E-state index >= 15 is 0 Å². The quantitative estimate of drug-likeness (QED) is 0.586. The molecule has 1 aromatic heterocycles. The van der Waals surface area contributed by atoms with Crippen LogP contribution in [0, 0.1) is 0 Å². The summed E-state index contributed by atoms with van der Waals surface area (Å²) in [4.78, 5) is 16.4. The van der Waals surface area contributed by atoms with E-state index in [-0.39, 0.29) is 22.4 Å². The predicted molar refractivity (Wildman–Crippen MR) is 110 cm³/mol. The highest BCUT2D eigenvalue weighted by Crippen LogP contribution is 2.22. The summed E-state index contributed by atoms with van der Waals surface area (Å²) in [6.45, 7) is 0. The number of nitrogens with one attached hydrogen (secondary N) is 2. The van der Waals surface area contributed by atoms with E-state index in [1.54, 1.807) is 36.8 Å². The average molecular weight is 438 g/mol. The van der Waals surface area contributed by atoms with Crippen LogP contribution in [0.1, 0.15) is 5.69 Å². The van der Waals surface area contributed by atoms with Crippen molar-refractivity contribution in [1.29, 1.82) is 0 Å². The second kappa shape index (κ2) is 8.59. The van der Waals surface area contributed by atoms with E-state index < -0.39 is 10.0 Å². The lowest BCUT2D eigenvalue weighted by Gasteiger charge is -2.06. The van der Waals surface area contributed by atoms with Crippen LogP contribution in [0.15, 0.2) is 58.8 Å². The molecule has 3 rings (SSSR count). The topological polar surface area (TPSA) is 97.4 Å². The third-order valence-electron chi connectivity index (χ3n) is 3.59. The summed E-state index contributed by atoms with van der Waals surface area (Å²) in [5.74, 6) is 0.357. The number of sulfonamides is 1. The number of anilines is 2. The van der Waals surface area contributed by atoms with E-state index in [9.17, 15) is 13.2 Å². The van der Waals surface area contributed by atoms with Gasteiger partial charge >= 0.3 is 0 Å². The Morgan fingerprint density at radius 2 is 1.96 bits per heavy atom. The Labute approximate surface area is 171 Å². The number of nitrogens with zero attached hydrogens (tertiary/aromatic N) is 1. The van der Waals surface area contributed by atoms with Crippen LogP contribution in [-0.4, -0.2) is 26.4 Å². The normalized spacial score (nSPS) is 11.1. The maximum Gasteiger partial charge on any atom is 0.263 e. The van der Waals surface area contributed by atoms with Gasteiger partial charge in [0.15, 0.2) is 5.13 Å². The smallest absolute Gasteiger partial charge is 0.263 e. The standard InChI is InChI=1S/C18H16ClN3O4S2/c1-26-15-4-2-3-13(9-15)20-17(23)10-14-11-27-18(21-14)22-28(24,25)16-7-5-12(19)6-8-16/h2-9,11H,10H2,1H3,(H,20,23)(H,21,22). The predicted octanol–water partition coefficient (Wildman–Crippen LogP) is 3.79. The van der Waals surface area contributed by atoms with E-state index in [4.69, 9.17) is 16.3 Å². The molecular weight excluding hydrogens is 422 g/mol. The number of hydrogen-bond acceptors (Lipinski definition) is 6. The zero-order chi connectivity index (χ0) is 20.1. The summed E-state index contributed by atoms with van der Waals surface area (Å²) in [7, 11) is -2.23. The molecule has 10 heteroatoms. The number of benzene rings is 2. The van der Waals surface area contributed by atoms with E-state index in [2.05, 4.69) is 15.0 Å². The van der Waals surface area contributed by atoms with Gasteiger partial charge in [0.05, 0.1) is 24.1 Å². The Balaban J connectivity index is 1.63. The molecule has 2 aromatic carbocycles. The minimum atomic E-state index is -3.78. The second-order valence-electron chi connectivity index (χ2n) is 5.66. The molecule has 7 nitrogen and oxygen atoms in total. The molecule has 0 saturated carbocycles. The fraction of sp³-hybridized carbons (Fsp3) is 0.111. The molecule has 0 bridgehead atoms. The van der Waals surface area contributed by atoms with Gasteiger partial charge in [0.25, 0.3) is 10.0 Å². The number of aromatic nitrogens is 1. The monoisotopic (exact) mass is 437 g/mol. The van der Waals surface area contributed by atoms with Crippen molar-refractivity contribution in [2.24, 2.45) is 0 Å². The first-order valence-electron chi connectivity index (χ1n) is 8.02. The molecule has 0 fully saturated rings. The molecule has 3 aromatic rings. The molecule has 0 aliphatic heterocycles. The number of carbonyl (C=O) groups excluding carboxylic acids is 1. The highest BCUT2D eigenvalue weighted by molar-refractivity contribution is 7.93. The molecule has 0 radical (unpaired) electrons. The van der Waals surface area contributed by atoms with Gasteiger partial charge < -0.3 is 10.1 Å². The highest BCUT2D eigenvalue weighted by atomic mass is 35.5. The van der Waals surface area contributed by atoms with Gasteiger partial charge in [-0.2, -0.15) is 0 Å². The maximum absolute atomic E-state index is 12.4. The van der Waals surface area contributed by atoms with Crippen molar-refractivity contribution in [3.63, 3.8) is 0 Å². The lowest BCUT2D eigenvalue weighted by molar-refractivity contribution is -0.115. The fourth-order valence-corrected chi connectivity index (χ4v) is 4.38. The van der Waals surface area contributed by atoms with Gasteiger partial charge in [0.2, 0.25) is 5.91 Å². The number of carbonyl (C=O) groups is 1. The van der Waals surface area contributed by atoms with Crippen molar-refractivity contribution < 1.29 is 17.9 Å². The lowest BCUT2D eigenvalue weighted by atomic mass is 10.2. The minimum Gasteiger partial charge on any atom is -0.497 e. The van der Waals surface area contributed by atoms with Gasteiger partial charge in [-0.1, -0.05) is 17.7 Å². The fourth-order valence-electron chi connectivity index (χ4n) is 2.29. The number of thiazole rings is 1. The number of halogens is 1. The van der Waals surface area contributed by atoms with E-state index in [0.717, 1.165) is 11.3 Å². The molecule has 0 unspecified atom stereocenters. The molecule has 0 aliphatic rings. The lowest BCUT2D eigenvalue weighted by Crippen LogP contribution is -2.15. The van der Waals surface area contributed by atoms with E-state index in [1.165, 1.54) is 24.3 Å². The molecular formula is C18H16ClN3O4S2. The molecule has 1 amide bonds. The summed E-state index contributed by atoms with van der Waals surface area (Å²) in [6.07, 6.45) is 0.0103. The van der Waals surface area contributed by atoms with Gasteiger partial charge in [0.1, 0.15) is 5.75 Å². The van der Waals surface area contributed by atoms with Crippen molar-refractivity contribution >= 4 is 49.7 Å². The van der Waals surface area contributed by atoms with Gasteiger partial charge in [0, 0.05) is 22.2 Å². The van der Waals surface area contributed by atoms with Gasteiger partial charge in [-0.15, -0.1) is 11.3 Å². The van der Waals surface area contributed by atoms with Crippen LogP contribution in [0.5, 0.6) is 5.75 Å². The summed E-state index contributed by atoms with van der Waals surface area (Å²) < 4.78 is 32.2. The van der Waals surface area contributed by atoms with Gasteiger partial charge in [-0.05, 0) is 36.4 Å². The Bertz CT molecular complexity index is 1080. The van der Waals surface area contributed by atoms with Gasteiger partial charge in [-0.25, -0.2) is 13.4 Å². The number of rotatable bonds is 7. The summed E-state index contributed by atoms with van der Waals surface area (Å²) in [6, 6.07) is 12.8. The third kappa shape index (κ3) is 5.22. The summed E-state index contributed by atoms with van der Waals surface area (Å²) in [5.41, 5.74) is 1.06. The average Bonchev–Trinajstić information content (AvgIpc) is 3.08. The van der Waals surface area contributed by atoms with Gasteiger partial charge in [-0.3, -0.25) is 9.52 Å². The van der Waals surface area contributed by atoms with Crippen molar-refractivity contribution in [2.75, 3.05) is 17.1 Å². The Hall–Kier alpha value is -2.62. The minimum absolute atomic E-state index is 0.0103. The largest absolute Gasteiger partial charge is 0.497 e. The summed E-state index contributed by atoms with van der Waals surface area (Å²) >= 11 is 6.88. The highest BCUT2D eigenvalue weighted by Gasteiger charge is 2.17. The molecule has 0 saturated heterocycles. The van der Waals surface area contributed by atoms with Crippen molar-refractivity contribution in [1.82, 2.24) is 4.98 Å². The third-order valence-corrected chi connectivity index (χ3v) is 6.14. The first-order chi connectivity index (χ1) is 13.4. The van der Waals surface area contributed by atoms with Crippen LogP contribution in [0.25, 0.3) is 0 Å². The number of amides is 1. The number of hydrogen-bond donors (Lipinski definition) is 2. The molecule has 0 atom stereocenters. The molecule has 0 spiro atoms. The Morgan fingerprint density at radius 1 is 1.21 bits per heavy atom. The number of methoxy groups -OCH3 is 1. The Morgan fingerprint density at radius 3 is 2.68 bits per heavy atom. The van der Waals surface area contributed by atoms with Crippen molar-refractivity contribution in [2.45, 2.75) is 11.3 Å². The molecule has 1 heterocycles. The van der Waals surface area contributed by atoms with Crippen LogP contribution < -0.4 is 14.8 Å². The zero-order valence-corrected chi connectivity index (χ0v) is 17.1. The van der Waals surface area contributed by atoms with Crippen LogP contribution in [0.2, 0.25) is 5.02 Å². The van der Waals surface area contributed by atoms with Crippen LogP contribution in [-0.2, 0) is 21.2 Å². The Kier molecular flexibility index (Phi) is 6.18. The molecule has 0 aliphatic carbocycles. The SMILES string of the molecule is COc1cccc(NC(=O)Cc2csc(NS(=O)(=O)c3ccc(Cl)cc3)n2)c1. The van der Waals surface area contributed by atoms with Crippen molar-refractivity contribution in [3.05, 3.63) is 64.6 Å². The van der Waals surface area contributed by atoms with Crippen LogP contribution >= 0.6 is 22.9 Å². The van der Waals surface area contributed by atoms with Crippen LogP contribution in [0.4, 0.5) is 10.8 Å². The first-order valence-corrected chi connectivity index (χ1v) is 10.8. The van der Waals surface area contributed by atoms with Crippen LogP contribution in [0.3, 0.4) is 0 Å². The maximum atomic E-state index is 12.4. The summed E-state index contributed by atoms with van der Waals surface area (Å²) in [5, 5.41) is 5.00. The van der Waals surface area contributed by atoms with E-state index in [0.29, 0.717) is 22.2 Å². The number of ether oxygens (including phenoxy) is 1. The first kappa shape index (κ1) is 20.1. The van der Waals surface area contributed by atoms with E-state index in [1.807, 2.05) is 0 Å². The molecule has 146 valence electrons. The molecule has 2 N–H and O–H groups in total. The molecule has 28 heavy (non-hydrogen) atoms. The second-order valence-corrected chi connectivity index (χ2v) is 8.64. The zero-order valence-electron chi connectivity index (χ0n) is 14.7.